The van der Waals surface area contributed by atoms with E-state index in [1.54, 1.807) is 26.0 Å². The summed E-state index contributed by atoms with van der Waals surface area (Å²) in [5.41, 5.74) is 5.16. The van der Waals surface area contributed by atoms with Gasteiger partial charge in [0.1, 0.15) is 18.4 Å². The van der Waals surface area contributed by atoms with Crippen LogP contribution in [0.25, 0.3) is 5.69 Å². The normalized spacial score (nSPS) is 21.3. The van der Waals surface area contributed by atoms with Gasteiger partial charge in [0.2, 0.25) is 5.91 Å². The lowest BCUT2D eigenvalue weighted by atomic mass is 9.71. The molecule has 4 heterocycles. The first-order valence-corrected chi connectivity index (χ1v) is 12.1. The molecule has 1 aliphatic carbocycles. The van der Waals surface area contributed by atoms with E-state index in [2.05, 4.69) is 38.2 Å². The first-order valence-electron chi connectivity index (χ1n) is 12.1. The molecule has 0 saturated carbocycles. The highest BCUT2D eigenvalue weighted by atomic mass is 16.5. The Kier molecular flexibility index (Phi) is 5.32. The summed E-state index contributed by atoms with van der Waals surface area (Å²) in [6.45, 7) is 3.99. The minimum atomic E-state index is 0.177. The molecule has 2 aromatic heterocycles. The maximum absolute atomic E-state index is 12.8. The Labute approximate surface area is 199 Å². The number of carbonyl (C=O) groups is 1. The quantitative estimate of drug-likeness (QED) is 0.585. The summed E-state index contributed by atoms with van der Waals surface area (Å²) in [6, 6.07) is 11.0. The molecule has 176 valence electrons. The van der Waals surface area contributed by atoms with Crippen LogP contribution < -0.4 is 4.74 Å². The Balaban J connectivity index is 1.03. The molecule has 0 N–H and O–H groups in total. The Morgan fingerprint density at radius 2 is 2.03 bits per heavy atom. The van der Waals surface area contributed by atoms with Crippen molar-refractivity contribution < 1.29 is 9.53 Å². The van der Waals surface area contributed by atoms with Gasteiger partial charge in [-0.3, -0.25) is 14.7 Å². The first kappa shape index (κ1) is 21.3. The molecule has 8 nitrogen and oxygen atoms in total. The number of nitrogens with zero attached hydrogens (tertiary/aromatic N) is 6. The van der Waals surface area contributed by atoms with Gasteiger partial charge in [-0.25, -0.2) is 9.67 Å². The van der Waals surface area contributed by atoms with Crippen LogP contribution in [0.2, 0.25) is 0 Å². The van der Waals surface area contributed by atoms with E-state index in [1.165, 1.54) is 17.5 Å². The van der Waals surface area contributed by atoms with Crippen LogP contribution >= 0.6 is 0 Å². The lowest BCUT2D eigenvalue weighted by Crippen LogP contribution is -2.61. The number of likely N-dealkylation sites (tertiary alicyclic amines) is 2. The lowest BCUT2D eigenvalue weighted by molar-refractivity contribution is -0.136. The summed E-state index contributed by atoms with van der Waals surface area (Å²) in [4.78, 5) is 25.9. The van der Waals surface area contributed by atoms with Crippen LogP contribution in [0.15, 0.2) is 49.2 Å². The van der Waals surface area contributed by atoms with Crippen molar-refractivity contribution in [2.75, 3.05) is 33.3 Å². The van der Waals surface area contributed by atoms with Crippen LogP contribution in [0, 0.1) is 5.41 Å². The van der Waals surface area contributed by atoms with Crippen molar-refractivity contribution in [2.24, 2.45) is 5.41 Å². The molecule has 2 saturated heterocycles. The number of carbonyl (C=O) groups excluding carboxylic acids is 1. The maximum atomic E-state index is 12.8. The van der Waals surface area contributed by atoms with Gasteiger partial charge < -0.3 is 9.64 Å². The van der Waals surface area contributed by atoms with Crippen molar-refractivity contribution in [3.63, 3.8) is 0 Å². The van der Waals surface area contributed by atoms with Crippen LogP contribution in [0.3, 0.4) is 0 Å². The number of aryl methyl sites for hydroxylation is 1. The average Bonchev–Trinajstić information content (AvgIpc) is 3.53. The summed E-state index contributed by atoms with van der Waals surface area (Å²) < 4.78 is 6.98. The third kappa shape index (κ3) is 3.86. The van der Waals surface area contributed by atoms with E-state index < -0.39 is 0 Å². The molecule has 0 bridgehead atoms. The number of fused-ring (bicyclic) bond motifs is 1. The third-order valence-electron chi connectivity index (χ3n) is 7.92. The van der Waals surface area contributed by atoms with Crippen molar-refractivity contribution in [3.05, 3.63) is 66.0 Å². The summed E-state index contributed by atoms with van der Waals surface area (Å²) >= 11 is 0. The van der Waals surface area contributed by atoms with Gasteiger partial charge in [0.25, 0.3) is 0 Å². The number of rotatable bonds is 5. The van der Waals surface area contributed by atoms with Crippen molar-refractivity contribution in [2.45, 2.75) is 38.1 Å². The van der Waals surface area contributed by atoms with E-state index in [1.807, 2.05) is 21.7 Å². The van der Waals surface area contributed by atoms with Crippen molar-refractivity contribution in [1.29, 1.82) is 0 Å². The molecule has 2 fully saturated rings. The molecule has 1 aromatic carbocycles. The molecule has 6 rings (SSSR count). The second kappa shape index (κ2) is 8.51. The fourth-order valence-electron chi connectivity index (χ4n) is 5.93. The van der Waals surface area contributed by atoms with Crippen LogP contribution in [-0.4, -0.2) is 68.7 Å². The number of piperidine rings is 1. The van der Waals surface area contributed by atoms with Crippen molar-refractivity contribution in [3.8, 4) is 11.4 Å². The number of hydrogen-bond donors (Lipinski definition) is 0. The molecular weight excluding hydrogens is 428 g/mol. The number of hydrogen-bond acceptors (Lipinski definition) is 6. The Morgan fingerprint density at radius 3 is 2.74 bits per heavy atom. The zero-order valence-electron chi connectivity index (χ0n) is 19.6. The predicted molar refractivity (Wildman–Crippen MR) is 127 cm³/mol. The minimum Gasteiger partial charge on any atom is -0.495 e. The highest BCUT2D eigenvalue weighted by Gasteiger charge is 2.48. The topological polar surface area (TPSA) is 76.4 Å². The Morgan fingerprint density at radius 1 is 1.18 bits per heavy atom. The summed E-state index contributed by atoms with van der Waals surface area (Å²) in [5, 5.41) is 4.26. The SMILES string of the molecule is COc1ccc(CC(=O)N2CCC3(CC2)CN(C2CCc4cc(-n5cncn5)ccc42)C3)nc1. The monoisotopic (exact) mass is 458 g/mol. The van der Waals surface area contributed by atoms with Crippen molar-refractivity contribution in [1.82, 2.24) is 29.5 Å². The summed E-state index contributed by atoms with van der Waals surface area (Å²) in [6.07, 6.45) is 9.85. The molecule has 1 atom stereocenters. The number of pyridine rings is 1. The summed E-state index contributed by atoms with van der Waals surface area (Å²) in [7, 11) is 1.62. The fraction of sp³-hybridized carbons (Fsp3) is 0.462. The maximum Gasteiger partial charge on any atom is 0.228 e. The van der Waals surface area contributed by atoms with E-state index in [0.717, 1.165) is 56.8 Å². The number of amides is 1. The minimum absolute atomic E-state index is 0.177. The lowest BCUT2D eigenvalue weighted by Gasteiger charge is -2.56. The summed E-state index contributed by atoms with van der Waals surface area (Å²) in [5.74, 6) is 0.891. The standard InChI is InChI=1S/C26H30N6O2/c1-34-22-5-3-20(28-14-22)13-25(33)30-10-8-26(9-11-30)15-31(16-26)24-7-2-19-12-21(4-6-23(19)24)32-18-27-17-29-32/h3-6,12,14,17-18,24H,2,7-11,13,15-16H2,1H3. The van der Waals surface area contributed by atoms with Crippen molar-refractivity contribution >= 4 is 5.91 Å². The highest BCUT2D eigenvalue weighted by Crippen LogP contribution is 2.47. The van der Waals surface area contributed by atoms with E-state index in [9.17, 15) is 4.79 Å². The zero-order valence-corrected chi connectivity index (χ0v) is 19.6. The predicted octanol–water partition coefficient (Wildman–Crippen LogP) is 2.83. The van der Waals surface area contributed by atoms with Crippen LogP contribution in [-0.2, 0) is 17.6 Å². The van der Waals surface area contributed by atoms with E-state index in [4.69, 9.17) is 4.74 Å². The second-order valence-electron chi connectivity index (χ2n) is 9.93. The Bertz CT molecular complexity index is 1160. The van der Waals surface area contributed by atoms with Crippen LogP contribution in [0.1, 0.15) is 42.1 Å². The van der Waals surface area contributed by atoms with E-state index in [0.29, 0.717) is 23.6 Å². The van der Waals surface area contributed by atoms with E-state index in [-0.39, 0.29) is 5.91 Å². The average molecular weight is 459 g/mol. The second-order valence-corrected chi connectivity index (χ2v) is 9.93. The first-order chi connectivity index (χ1) is 16.6. The third-order valence-corrected chi connectivity index (χ3v) is 7.92. The molecule has 2 aliphatic heterocycles. The molecule has 1 spiro atoms. The van der Waals surface area contributed by atoms with E-state index >= 15 is 0 Å². The van der Waals surface area contributed by atoms with Gasteiger partial charge in [-0.1, -0.05) is 6.07 Å². The number of aromatic nitrogens is 4. The zero-order chi connectivity index (χ0) is 23.1. The number of methoxy groups -OCH3 is 1. The van der Waals surface area contributed by atoms with Gasteiger partial charge >= 0.3 is 0 Å². The van der Waals surface area contributed by atoms with Gasteiger partial charge in [0.05, 0.1) is 25.4 Å². The molecule has 1 unspecified atom stereocenters. The number of benzene rings is 1. The highest BCUT2D eigenvalue weighted by molar-refractivity contribution is 5.78. The van der Waals surface area contributed by atoms with Gasteiger partial charge in [-0.05, 0) is 66.5 Å². The van der Waals surface area contributed by atoms with Crippen LogP contribution in [0.5, 0.6) is 5.75 Å². The molecule has 1 amide bonds. The van der Waals surface area contributed by atoms with Gasteiger partial charge in [0, 0.05) is 37.9 Å². The molecule has 0 radical (unpaired) electrons. The molecule has 3 aliphatic rings. The van der Waals surface area contributed by atoms with Gasteiger partial charge in [-0.15, -0.1) is 0 Å². The van der Waals surface area contributed by atoms with Gasteiger partial charge in [0.15, 0.2) is 0 Å². The molecule has 3 aromatic rings. The van der Waals surface area contributed by atoms with Crippen LogP contribution in [0.4, 0.5) is 0 Å². The molecule has 34 heavy (non-hydrogen) atoms. The molecular formula is C26H30N6O2. The van der Waals surface area contributed by atoms with Gasteiger partial charge in [-0.2, -0.15) is 5.10 Å². The number of ether oxygens (including phenoxy) is 1. The largest absolute Gasteiger partial charge is 0.495 e. The molecule has 8 heteroatoms. The smallest absolute Gasteiger partial charge is 0.228 e. The fourth-order valence-corrected chi connectivity index (χ4v) is 5.93. The Hall–Kier alpha value is -3.26.